The van der Waals surface area contributed by atoms with Crippen molar-refractivity contribution in [2.24, 2.45) is 0 Å². The van der Waals surface area contributed by atoms with Crippen LogP contribution in [0.3, 0.4) is 0 Å². The molecular weight excluding hydrogens is 344 g/mol. The van der Waals surface area contributed by atoms with Gasteiger partial charge in [0.2, 0.25) is 0 Å². The summed E-state index contributed by atoms with van der Waals surface area (Å²) in [5.74, 6) is 0.497. The Hall–Kier alpha value is -1.99. The molecule has 0 aliphatic carbocycles. The third kappa shape index (κ3) is 4.30. The molecule has 1 heterocycles. The first-order valence-corrected chi connectivity index (χ1v) is 10.5. The quantitative estimate of drug-likeness (QED) is 0.580. The van der Waals surface area contributed by atoms with Crippen LogP contribution in [0.15, 0.2) is 45.7 Å². The van der Waals surface area contributed by atoms with E-state index in [1.165, 1.54) is 53.6 Å². The fourth-order valence-electron chi connectivity index (χ4n) is 3.75. The zero-order valence-electron chi connectivity index (χ0n) is 17.6. The van der Waals surface area contributed by atoms with Crippen LogP contribution < -0.4 is 10.4 Å². The van der Waals surface area contributed by atoms with Crippen molar-refractivity contribution in [1.29, 1.82) is 0 Å². The first-order valence-electron chi connectivity index (χ1n) is 9.73. The first-order chi connectivity index (χ1) is 12.8. The maximum atomic E-state index is 2.38. The van der Waals surface area contributed by atoms with Gasteiger partial charge < -0.3 is 0 Å². The smallest absolute Gasteiger partial charge is 0.0162 e. The minimum atomic E-state index is 0.497. The molecule has 0 radical (unpaired) electrons. The number of benzene rings is 2. The summed E-state index contributed by atoms with van der Waals surface area (Å²) < 4.78 is 0. The highest BCUT2D eigenvalue weighted by Crippen LogP contribution is 2.41. The second kappa shape index (κ2) is 7.94. The molecule has 0 N–H and O–H groups in total. The second-order valence-electron chi connectivity index (χ2n) is 7.91. The maximum absolute atomic E-state index is 2.38. The molecule has 3 rings (SSSR count). The minimum Gasteiger partial charge on any atom is -0.0948 e. The third-order valence-corrected chi connectivity index (χ3v) is 6.21. The summed E-state index contributed by atoms with van der Waals surface area (Å²) in [4.78, 5) is 2.80. The Morgan fingerprint density at radius 3 is 2.30 bits per heavy atom. The predicted octanol–water partition coefficient (Wildman–Crippen LogP) is 6.47. The number of fused-ring (bicyclic) bond motifs is 1. The monoisotopic (exact) mass is 374 g/mol. The Labute approximate surface area is 168 Å². The number of allylic oxidation sites excluding steroid dienone is 3. The summed E-state index contributed by atoms with van der Waals surface area (Å²) in [5.41, 5.74) is 8.09. The zero-order chi connectivity index (χ0) is 19.7. The van der Waals surface area contributed by atoms with Crippen molar-refractivity contribution in [2.45, 2.75) is 59.3 Å². The molecule has 27 heavy (non-hydrogen) atoms. The third-order valence-electron chi connectivity index (χ3n) is 5.18. The van der Waals surface area contributed by atoms with Crippen molar-refractivity contribution < 1.29 is 0 Å². The van der Waals surface area contributed by atoms with E-state index in [-0.39, 0.29) is 0 Å². The molecule has 1 heteroatoms. The van der Waals surface area contributed by atoms with Gasteiger partial charge in [-0.25, -0.2) is 0 Å². The van der Waals surface area contributed by atoms with Gasteiger partial charge in [-0.3, -0.25) is 0 Å². The summed E-state index contributed by atoms with van der Waals surface area (Å²) >= 11 is 1.90. The molecule has 0 amide bonds. The van der Waals surface area contributed by atoms with Crippen LogP contribution in [0.2, 0.25) is 0 Å². The molecule has 1 aliphatic rings. The van der Waals surface area contributed by atoms with Crippen molar-refractivity contribution >= 4 is 30.0 Å². The van der Waals surface area contributed by atoms with Crippen LogP contribution in [0.4, 0.5) is 0 Å². The van der Waals surface area contributed by atoms with E-state index in [9.17, 15) is 0 Å². The molecule has 140 valence electrons. The van der Waals surface area contributed by atoms with Gasteiger partial charge in [0.15, 0.2) is 0 Å². The average molecular weight is 375 g/mol. The lowest BCUT2D eigenvalue weighted by Gasteiger charge is -2.21. The standard InChI is InChI=1S/C26H30S/c1-8-21-11-17(4)22(9-16(2)3)13-24(21)14-23-15-26-25(12-18(23)5)19(6)10-20(7)27-26/h8-15,19H,1-7H3/b21-8-,24-14-. The topological polar surface area (TPSA) is 0 Å². The highest BCUT2D eigenvalue weighted by molar-refractivity contribution is 8.03. The Balaban J connectivity index is 2.21. The van der Waals surface area contributed by atoms with Gasteiger partial charge in [-0.05, 0) is 103 Å². The fourth-order valence-corrected chi connectivity index (χ4v) is 4.92. The van der Waals surface area contributed by atoms with E-state index in [1.807, 2.05) is 11.8 Å². The van der Waals surface area contributed by atoms with E-state index in [4.69, 9.17) is 0 Å². The van der Waals surface area contributed by atoms with Gasteiger partial charge in [0.25, 0.3) is 0 Å². The Morgan fingerprint density at radius 1 is 0.926 bits per heavy atom. The molecule has 0 spiro atoms. The number of hydrogen-bond donors (Lipinski definition) is 0. The lowest BCUT2D eigenvalue weighted by Crippen LogP contribution is -2.25. The SMILES string of the molecule is C/C=c1/cc(C)c(C=C(C)C)c/c1=C/c1cc2c(cc1C)C(C)C=C(C)S2. The van der Waals surface area contributed by atoms with E-state index >= 15 is 0 Å². The summed E-state index contributed by atoms with van der Waals surface area (Å²) in [6.07, 6.45) is 9.21. The zero-order valence-corrected chi connectivity index (χ0v) is 18.4. The summed E-state index contributed by atoms with van der Waals surface area (Å²) in [5, 5.41) is 2.59. The molecule has 0 aromatic heterocycles. The van der Waals surface area contributed by atoms with Crippen molar-refractivity contribution in [3.8, 4) is 0 Å². The average Bonchev–Trinajstić information content (AvgIpc) is 2.58. The molecule has 0 bridgehead atoms. The van der Waals surface area contributed by atoms with Crippen LogP contribution in [0, 0.1) is 13.8 Å². The van der Waals surface area contributed by atoms with Gasteiger partial charge in [0, 0.05) is 10.8 Å². The number of hydrogen-bond acceptors (Lipinski definition) is 1. The molecule has 1 aliphatic heterocycles. The molecular formula is C26H30S. The van der Waals surface area contributed by atoms with Gasteiger partial charge in [0.1, 0.15) is 0 Å². The molecule has 0 saturated carbocycles. The predicted molar refractivity (Wildman–Crippen MR) is 123 cm³/mol. The minimum absolute atomic E-state index is 0.497. The van der Waals surface area contributed by atoms with Gasteiger partial charge in [-0.1, -0.05) is 54.6 Å². The van der Waals surface area contributed by atoms with E-state index in [0.29, 0.717) is 5.92 Å². The van der Waals surface area contributed by atoms with Crippen molar-refractivity contribution in [3.63, 3.8) is 0 Å². The molecule has 0 nitrogen and oxygen atoms in total. The number of rotatable bonds is 2. The summed E-state index contributed by atoms with van der Waals surface area (Å²) in [6, 6.07) is 9.39. The van der Waals surface area contributed by atoms with Gasteiger partial charge in [-0.15, -0.1) is 0 Å². The molecule has 2 aromatic rings. The van der Waals surface area contributed by atoms with Crippen LogP contribution in [0.25, 0.3) is 18.2 Å². The largest absolute Gasteiger partial charge is 0.0948 e. The van der Waals surface area contributed by atoms with E-state index in [2.05, 4.69) is 97.0 Å². The van der Waals surface area contributed by atoms with E-state index < -0.39 is 0 Å². The molecule has 0 saturated heterocycles. The van der Waals surface area contributed by atoms with Gasteiger partial charge in [0.05, 0.1) is 0 Å². The van der Waals surface area contributed by atoms with E-state index in [1.54, 1.807) is 0 Å². The van der Waals surface area contributed by atoms with Crippen molar-refractivity contribution in [2.75, 3.05) is 0 Å². The summed E-state index contributed by atoms with van der Waals surface area (Å²) in [6.45, 7) is 15.4. The maximum Gasteiger partial charge on any atom is 0.0162 e. The van der Waals surface area contributed by atoms with Crippen molar-refractivity contribution in [3.05, 3.63) is 79.1 Å². The van der Waals surface area contributed by atoms with Crippen LogP contribution in [-0.2, 0) is 0 Å². The lowest BCUT2D eigenvalue weighted by molar-refractivity contribution is 0.917. The van der Waals surface area contributed by atoms with E-state index in [0.717, 1.165) is 0 Å². The Bertz CT molecular complexity index is 1060. The Kier molecular flexibility index (Phi) is 5.81. The highest BCUT2D eigenvalue weighted by atomic mass is 32.2. The number of thioether (sulfide) groups is 1. The normalized spacial score (nSPS) is 17.6. The molecule has 0 fully saturated rings. The van der Waals surface area contributed by atoms with Crippen molar-refractivity contribution in [1.82, 2.24) is 0 Å². The fraction of sp³-hybridized carbons (Fsp3) is 0.308. The van der Waals surface area contributed by atoms with Crippen LogP contribution in [-0.4, -0.2) is 0 Å². The van der Waals surface area contributed by atoms with Gasteiger partial charge >= 0.3 is 0 Å². The molecule has 1 atom stereocenters. The second-order valence-corrected chi connectivity index (χ2v) is 9.19. The number of aryl methyl sites for hydroxylation is 2. The summed E-state index contributed by atoms with van der Waals surface area (Å²) in [7, 11) is 0. The van der Waals surface area contributed by atoms with Crippen LogP contribution >= 0.6 is 11.8 Å². The first kappa shape index (κ1) is 19.8. The van der Waals surface area contributed by atoms with Gasteiger partial charge in [-0.2, -0.15) is 0 Å². The molecule has 2 aromatic carbocycles. The molecule has 1 unspecified atom stereocenters. The van der Waals surface area contributed by atoms with Crippen LogP contribution in [0.1, 0.15) is 68.4 Å². The highest BCUT2D eigenvalue weighted by Gasteiger charge is 2.17. The Morgan fingerprint density at radius 2 is 1.63 bits per heavy atom. The lowest BCUT2D eigenvalue weighted by atomic mass is 9.94. The van der Waals surface area contributed by atoms with Crippen LogP contribution in [0.5, 0.6) is 0 Å².